The Morgan fingerprint density at radius 1 is 1.60 bits per heavy atom. The van der Waals surface area contributed by atoms with Gasteiger partial charge in [-0.2, -0.15) is 0 Å². The van der Waals surface area contributed by atoms with E-state index in [0.29, 0.717) is 0 Å². The Morgan fingerprint density at radius 3 is 2.60 bits per heavy atom. The van der Waals surface area contributed by atoms with Crippen LogP contribution in [-0.2, 0) is 4.79 Å². The molecule has 1 saturated carbocycles. The molecule has 0 bridgehead atoms. The van der Waals surface area contributed by atoms with Crippen LogP contribution in [0.3, 0.4) is 0 Å². The average Bonchev–Trinajstić information content (AvgIpc) is 1.83. The lowest BCUT2D eigenvalue weighted by Gasteiger charge is -2.30. The lowest BCUT2D eigenvalue weighted by molar-refractivity contribution is -0.128. The van der Waals surface area contributed by atoms with Crippen molar-refractivity contribution in [3.05, 3.63) is 0 Å². The summed E-state index contributed by atoms with van der Waals surface area (Å²) in [6.07, 6.45) is 2.95. The van der Waals surface area contributed by atoms with Gasteiger partial charge < -0.3 is 0 Å². The monoisotopic (exact) mass is 160 g/mol. The number of Topliss-reactive ketones (excluding diaryl/α,β-unsaturated/α-hetero) is 1. The van der Waals surface area contributed by atoms with Crippen molar-refractivity contribution >= 4 is 17.4 Å². The highest BCUT2D eigenvalue weighted by Crippen LogP contribution is 2.34. The molecule has 0 radical (unpaired) electrons. The van der Waals surface area contributed by atoms with Gasteiger partial charge in [0.1, 0.15) is 0 Å². The zero-order valence-corrected chi connectivity index (χ0v) is 7.24. The average molecular weight is 161 g/mol. The molecule has 1 nitrogen and oxygen atoms in total. The Kier molecular flexibility index (Phi) is 2.04. The molecule has 1 aliphatic carbocycles. The van der Waals surface area contributed by atoms with Crippen LogP contribution in [0.5, 0.6) is 0 Å². The summed E-state index contributed by atoms with van der Waals surface area (Å²) in [5.41, 5.74) is -0.162. The number of hydrogen-bond acceptors (Lipinski definition) is 1. The van der Waals surface area contributed by atoms with Crippen LogP contribution < -0.4 is 0 Å². The predicted octanol–water partition coefficient (Wildman–Crippen LogP) is 2.37. The standard InChI is InChI=1S/C8H13ClO/c1-8(2)5-3-4-6(9)7(8)10/h6H,3-5H2,1-2H3/t6-/m0/s1. The maximum absolute atomic E-state index is 11.3. The minimum atomic E-state index is -0.219. The van der Waals surface area contributed by atoms with Crippen LogP contribution in [0, 0.1) is 5.41 Å². The molecule has 2 heteroatoms. The Morgan fingerprint density at radius 2 is 2.20 bits per heavy atom. The topological polar surface area (TPSA) is 17.1 Å². The molecule has 0 aromatic heterocycles. The predicted molar refractivity (Wildman–Crippen MR) is 42.3 cm³/mol. The number of hydrogen-bond donors (Lipinski definition) is 0. The highest BCUT2D eigenvalue weighted by Gasteiger charge is 2.35. The highest BCUT2D eigenvalue weighted by atomic mass is 35.5. The molecule has 1 atom stereocenters. The van der Waals surface area contributed by atoms with Gasteiger partial charge in [-0.05, 0) is 12.8 Å². The summed E-state index contributed by atoms with van der Waals surface area (Å²) >= 11 is 5.80. The van der Waals surface area contributed by atoms with Crippen molar-refractivity contribution < 1.29 is 4.79 Å². The second kappa shape index (κ2) is 2.54. The third-order valence-electron chi connectivity index (χ3n) is 2.21. The first kappa shape index (κ1) is 8.06. The molecule has 0 spiro atoms. The number of carbonyl (C=O) groups is 1. The van der Waals surface area contributed by atoms with Crippen molar-refractivity contribution in [1.29, 1.82) is 0 Å². The summed E-state index contributed by atoms with van der Waals surface area (Å²) in [5, 5.41) is -0.219. The number of halogens is 1. The van der Waals surface area contributed by atoms with Gasteiger partial charge in [-0.25, -0.2) is 0 Å². The zero-order valence-electron chi connectivity index (χ0n) is 6.48. The summed E-state index contributed by atoms with van der Waals surface area (Å²) in [6.45, 7) is 3.95. The molecule has 58 valence electrons. The lowest BCUT2D eigenvalue weighted by Crippen LogP contribution is -2.35. The van der Waals surface area contributed by atoms with E-state index in [1.165, 1.54) is 0 Å². The van der Waals surface area contributed by atoms with E-state index in [-0.39, 0.29) is 16.6 Å². The lowest BCUT2D eigenvalue weighted by atomic mass is 9.76. The van der Waals surface area contributed by atoms with Gasteiger partial charge in [0, 0.05) is 5.41 Å². The van der Waals surface area contributed by atoms with Gasteiger partial charge >= 0.3 is 0 Å². The van der Waals surface area contributed by atoms with E-state index >= 15 is 0 Å². The third-order valence-corrected chi connectivity index (χ3v) is 2.63. The molecule has 0 heterocycles. The molecule has 0 N–H and O–H groups in total. The maximum atomic E-state index is 11.3. The Hall–Kier alpha value is -0.0400. The molecular weight excluding hydrogens is 148 g/mol. The van der Waals surface area contributed by atoms with Crippen LogP contribution in [0.4, 0.5) is 0 Å². The first-order chi connectivity index (χ1) is 4.54. The van der Waals surface area contributed by atoms with E-state index < -0.39 is 0 Å². The number of rotatable bonds is 0. The van der Waals surface area contributed by atoms with Gasteiger partial charge in [-0.15, -0.1) is 11.6 Å². The fourth-order valence-corrected chi connectivity index (χ4v) is 1.85. The molecule has 1 fully saturated rings. The van der Waals surface area contributed by atoms with Crippen molar-refractivity contribution in [3.8, 4) is 0 Å². The SMILES string of the molecule is CC1(C)CCC[C@H](Cl)C1=O. The van der Waals surface area contributed by atoms with Gasteiger partial charge in [0.25, 0.3) is 0 Å². The maximum Gasteiger partial charge on any atom is 0.156 e. The van der Waals surface area contributed by atoms with E-state index in [1.54, 1.807) is 0 Å². The van der Waals surface area contributed by atoms with Crippen molar-refractivity contribution in [2.45, 2.75) is 38.5 Å². The van der Waals surface area contributed by atoms with E-state index in [4.69, 9.17) is 11.6 Å². The third kappa shape index (κ3) is 1.34. The van der Waals surface area contributed by atoms with Crippen molar-refractivity contribution in [2.24, 2.45) is 5.41 Å². The fourth-order valence-electron chi connectivity index (χ4n) is 1.40. The van der Waals surface area contributed by atoms with Gasteiger partial charge in [0.05, 0.1) is 5.38 Å². The Labute approximate surface area is 66.8 Å². The van der Waals surface area contributed by atoms with Gasteiger partial charge in [0.15, 0.2) is 5.78 Å². The largest absolute Gasteiger partial charge is 0.297 e. The van der Waals surface area contributed by atoms with Crippen LogP contribution in [-0.4, -0.2) is 11.2 Å². The first-order valence-electron chi connectivity index (χ1n) is 3.72. The van der Waals surface area contributed by atoms with Crippen molar-refractivity contribution in [1.82, 2.24) is 0 Å². The summed E-state index contributed by atoms with van der Waals surface area (Å²) in [5.74, 6) is 0.223. The quantitative estimate of drug-likeness (QED) is 0.498. The second-order valence-corrected chi connectivity index (χ2v) is 4.13. The molecule has 1 aliphatic rings. The van der Waals surface area contributed by atoms with Gasteiger partial charge in [0.2, 0.25) is 0 Å². The van der Waals surface area contributed by atoms with Crippen LogP contribution >= 0.6 is 11.6 Å². The number of carbonyl (C=O) groups excluding carboxylic acids is 1. The van der Waals surface area contributed by atoms with E-state index in [0.717, 1.165) is 19.3 Å². The van der Waals surface area contributed by atoms with Crippen LogP contribution in [0.25, 0.3) is 0 Å². The summed E-state index contributed by atoms with van der Waals surface area (Å²) in [7, 11) is 0. The van der Waals surface area contributed by atoms with Crippen LogP contribution in [0.2, 0.25) is 0 Å². The molecule has 0 saturated heterocycles. The van der Waals surface area contributed by atoms with E-state index in [1.807, 2.05) is 13.8 Å². The van der Waals surface area contributed by atoms with Crippen molar-refractivity contribution in [2.75, 3.05) is 0 Å². The van der Waals surface area contributed by atoms with Gasteiger partial charge in [-0.3, -0.25) is 4.79 Å². The number of alkyl halides is 1. The molecule has 10 heavy (non-hydrogen) atoms. The molecule has 0 aromatic carbocycles. The molecule has 0 aliphatic heterocycles. The highest BCUT2D eigenvalue weighted by molar-refractivity contribution is 6.32. The van der Waals surface area contributed by atoms with Crippen molar-refractivity contribution in [3.63, 3.8) is 0 Å². The summed E-state index contributed by atoms with van der Waals surface area (Å²) in [6, 6.07) is 0. The Bertz CT molecular complexity index is 151. The molecule has 0 amide bonds. The molecule has 0 aromatic rings. The second-order valence-electron chi connectivity index (χ2n) is 3.61. The fraction of sp³-hybridized carbons (Fsp3) is 0.875. The minimum absolute atomic E-state index is 0.162. The zero-order chi connectivity index (χ0) is 7.78. The first-order valence-corrected chi connectivity index (χ1v) is 4.16. The van der Waals surface area contributed by atoms with E-state index in [9.17, 15) is 4.79 Å². The molecular formula is C8H13ClO. The summed E-state index contributed by atoms with van der Waals surface area (Å²) < 4.78 is 0. The van der Waals surface area contributed by atoms with Crippen LogP contribution in [0.1, 0.15) is 33.1 Å². The Balaban J connectivity index is 2.70. The van der Waals surface area contributed by atoms with Crippen LogP contribution in [0.15, 0.2) is 0 Å². The van der Waals surface area contributed by atoms with Gasteiger partial charge in [-0.1, -0.05) is 20.3 Å². The molecule has 0 unspecified atom stereocenters. The smallest absolute Gasteiger partial charge is 0.156 e. The minimum Gasteiger partial charge on any atom is -0.297 e. The van der Waals surface area contributed by atoms with E-state index in [2.05, 4.69) is 0 Å². The molecule has 1 rings (SSSR count). The summed E-state index contributed by atoms with van der Waals surface area (Å²) in [4.78, 5) is 11.3. The normalized spacial score (nSPS) is 32.3. The number of ketones is 1.